The van der Waals surface area contributed by atoms with Crippen LogP contribution in [0.25, 0.3) is 0 Å². The summed E-state index contributed by atoms with van der Waals surface area (Å²) in [5.74, 6) is 0. The Morgan fingerprint density at radius 2 is 0.781 bits per heavy atom. The average molecular weight is 477 g/mol. The molecule has 0 heterocycles. The molecule has 14 nitrogen and oxygen atoms in total. The molecule has 14 heteroatoms. The summed E-state index contributed by atoms with van der Waals surface area (Å²) in [6, 6.07) is 0. The van der Waals surface area contributed by atoms with Gasteiger partial charge in [-0.3, -0.25) is 0 Å². The van der Waals surface area contributed by atoms with Crippen molar-refractivity contribution in [1.82, 2.24) is 10.6 Å². The zero-order valence-corrected chi connectivity index (χ0v) is 18.0. The van der Waals surface area contributed by atoms with E-state index in [-0.39, 0.29) is 13.1 Å². The van der Waals surface area contributed by atoms with Crippen molar-refractivity contribution in [3.8, 4) is 0 Å². The fourth-order valence-electron chi connectivity index (χ4n) is 2.48. The fraction of sp³-hybridized carbons (Fsp3) is 1.00. The highest BCUT2D eigenvalue weighted by Gasteiger charge is 2.30. The van der Waals surface area contributed by atoms with Gasteiger partial charge in [0.25, 0.3) is 0 Å². The molecule has 0 spiro atoms. The van der Waals surface area contributed by atoms with Gasteiger partial charge < -0.3 is 71.2 Å². The van der Waals surface area contributed by atoms with Crippen LogP contribution in [-0.2, 0) is 9.47 Å². The van der Waals surface area contributed by atoms with E-state index in [1.165, 1.54) is 0 Å². The van der Waals surface area contributed by atoms with Gasteiger partial charge >= 0.3 is 0 Å². The Kier molecular flexibility index (Phi) is 18.5. The van der Waals surface area contributed by atoms with Gasteiger partial charge in [0.15, 0.2) is 0 Å². The van der Waals surface area contributed by atoms with Crippen molar-refractivity contribution < 1.29 is 60.5 Å². The van der Waals surface area contributed by atoms with E-state index in [1.54, 1.807) is 0 Å². The molecule has 0 aliphatic rings. The van der Waals surface area contributed by atoms with Crippen molar-refractivity contribution in [3.63, 3.8) is 0 Å². The van der Waals surface area contributed by atoms with Crippen molar-refractivity contribution in [2.75, 3.05) is 65.8 Å². The molecule has 0 bridgehead atoms. The van der Waals surface area contributed by atoms with E-state index in [2.05, 4.69) is 10.6 Å². The summed E-state index contributed by atoms with van der Waals surface area (Å²) in [6.45, 7) is 0.267. The van der Waals surface area contributed by atoms with E-state index in [0.717, 1.165) is 0 Å². The molecule has 0 saturated carbocycles. The number of aliphatic hydroxyl groups excluding tert-OH is 10. The lowest BCUT2D eigenvalue weighted by atomic mass is 10.0. The van der Waals surface area contributed by atoms with Crippen LogP contribution < -0.4 is 10.6 Å². The predicted molar refractivity (Wildman–Crippen MR) is 110 cm³/mol. The van der Waals surface area contributed by atoms with E-state index in [9.17, 15) is 40.9 Å². The fourth-order valence-corrected chi connectivity index (χ4v) is 2.48. The molecule has 0 aliphatic carbocycles. The standard InChI is InChI=1S/C18H40N2O12/c21-9-13(25)17(29)15(27)11(23)7-19-1-3-31-5-6-32-4-2-20-8-12(24)16(28)18(30)14(26)10-22/h11-30H,1-10H2/t11-,12-,13+,14+,15+,16+,17-,18-/m0/s1. The topological polar surface area (TPSA) is 245 Å². The number of hydrogen-bond acceptors (Lipinski definition) is 14. The first-order chi connectivity index (χ1) is 15.2. The van der Waals surface area contributed by atoms with E-state index in [4.69, 9.17) is 19.7 Å². The van der Waals surface area contributed by atoms with Crippen molar-refractivity contribution in [1.29, 1.82) is 0 Å². The summed E-state index contributed by atoms with van der Waals surface area (Å²) in [7, 11) is 0. The molecule has 0 saturated heterocycles. The molecule has 0 amide bonds. The van der Waals surface area contributed by atoms with Crippen LogP contribution in [0.2, 0.25) is 0 Å². The second-order valence-electron chi connectivity index (χ2n) is 7.23. The third-order valence-corrected chi connectivity index (χ3v) is 4.58. The summed E-state index contributed by atoms with van der Waals surface area (Å²) in [5.41, 5.74) is 0. The van der Waals surface area contributed by atoms with Crippen LogP contribution in [0.15, 0.2) is 0 Å². The molecular formula is C18H40N2O12. The first-order valence-electron chi connectivity index (χ1n) is 10.4. The molecule has 0 fully saturated rings. The van der Waals surface area contributed by atoms with Crippen LogP contribution in [0, 0.1) is 0 Å². The van der Waals surface area contributed by atoms with E-state index in [1.807, 2.05) is 0 Å². The smallest absolute Gasteiger partial charge is 0.111 e. The van der Waals surface area contributed by atoms with Gasteiger partial charge in [0.1, 0.15) is 36.6 Å². The Morgan fingerprint density at radius 3 is 1.09 bits per heavy atom. The van der Waals surface area contributed by atoms with Crippen LogP contribution in [0.4, 0.5) is 0 Å². The average Bonchev–Trinajstić information content (AvgIpc) is 2.81. The van der Waals surface area contributed by atoms with Crippen LogP contribution in [0.1, 0.15) is 0 Å². The molecule has 0 aromatic carbocycles. The van der Waals surface area contributed by atoms with Gasteiger partial charge in [0.05, 0.1) is 51.8 Å². The lowest BCUT2D eigenvalue weighted by Crippen LogP contribution is -2.49. The molecule has 12 N–H and O–H groups in total. The van der Waals surface area contributed by atoms with Crippen molar-refractivity contribution >= 4 is 0 Å². The molecule has 0 unspecified atom stereocenters. The highest BCUT2D eigenvalue weighted by atomic mass is 16.5. The SMILES string of the molecule is OC[C@@H](O)[C@H](O)[C@H](O)[C@@H](O)CNCCOCCOCCNC[C@H](O)[C@@H](O)[C@@H](O)[C@H](O)CO. The maximum Gasteiger partial charge on any atom is 0.111 e. The Bertz CT molecular complexity index is 401. The molecule has 0 rings (SSSR count). The number of aliphatic hydroxyl groups is 10. The zero-order valence-electron chi connectivity index (χ0n) is 18.0. The van der Waals surface area contributed by atoms with Gasteiger partial charge in [-0.05, 0) is 0 Å². The quantitative estimate of drug-likeness (QED) is 0.0689. The number of ether oxygens (including phenoxy) is 2. The summed E-state index contributed by atoms with van der Waals surface area (Å²) in [6.07, 6.45) is -12.3. The molecule has 0 radical (unpaired) electrons. The maximum absolute atomic E-state index is 9.71. The van der Waals surface area contributed by atoms with E-state index >= 15 is 0 Å². The Balaban J connectivity index is 3.60. The maximum atomic E-state index is 9.71. The first-order valence-corrected chi connectivity index (χ1v) is 10.4. The molecule has 0 aromatic heterocycles. The zero-order chi connectivity index (χ0) is 24.5. The Hall–Kier alpha value is -0.560. The van der Waals surface area contributed by atoms with Crippen molar-refractivity contribution in [2.24, 2.45) is 0 Å². The van der Waals surface area contributed by atoms with Crippen molar-refractivity contribution in [2.45, 2.75) is 48.8 Å². The number of rotatable bonds is 21. The Morgan fingerprint density at radius 1 is 0.469 bits per heavy atom. The van der Waals surface area contributed by atoms with Crippen LogP contribution in [-0.4, -0.2) is 166 Å². The van der Waals surface area contributed by atoms with Gasteiger partial charge in [-0.15, -0.1) is 0 Å². The predicted octanol–water partition coefficient (Wildman–Crippen LogP) is -6.93. The number of nitrogens with one attached hydrogen (secondary N) is 2. The molecular weight excluding hydrogens is 436 g/mol. The highest BCUT2D eigenvalue weighted by molar-refractivity contribution is 4.82. The summed E-state index contributed by atoms with van der Waals surface area (Å²) in [5, 5.41) is 99.2. The Labute approximate surface area is 186 Å². The summed E-state index contributed by atoms with van der Waals surface area (Å²) in [4.78, 5) is 0. The van der Waals surface area contributed by atoms with Gasteiger partial charge in [0, 0.05) is 26.2 Å². The minimum absolute atomic E-state index is 0.0571. The van der Waals surface area contributed by atoms with Gasteiger partial charge in [-0.25, -0.2) is 0 Å². The van der Waals surface area contributed by atoms with Gasteiger partial charge in [-0.2, -0.15) is 0 Å². The largest absolute Gasteiger partial charge is 0.394 e. The third kappa shape index (κ3) is 13.2. The van der Waals surface area contributed by atoms with Crippen LogP contribution >= 0.6 is 0 Å². The van der Waals surface area contributed by atoms with Crippen LogP contribution in [0.5, 0.6) is 0 Å². The number of hydrogen-bond donors (Lipinski definition) is 12. The minimum atomic E-state index is -1.67. The summed E-state index contributed by atoms with van der Waals surface area (Å²) >= 11 is 0. The molecule has 194 valence electrons. The molecule has 8 atom stereocenters. The van der Waals surface area contributed by atoms with Crippen molar-refractivity contribution in [3.05, 3.63) is 0 Å². The lowest BCUT2D eigenvalue weighted by Gasteiger charge is -2.25. The van der Waals surface area contributed by atoms with Gasteiger partial charge in [0.2, 0.25) is 0 Å². The normalized spacial score (nSPS) is 19.7. The second kappa shape index (κ2) is 18.8. The summed E-state index contributed by atoms with van der Waals surface area (Å²) < 4.78 is 10.6. The van der Waals surface area contributed by atoms with Gasteiger partial charge in [-0.1, -0.05) is 0 Å². The first kappa shape index (κ1) is 31.4. The third-order valence-electron chi connectivity index (χ3n) is 4.58. The second-order valence-corrected chi connectivity index (χ2v) is 7.23. The van der Waals surface area contributed by atoms with E-state index < -0.39 is 62.0 Å². The molecule has 32 heavy (non-hydrogen) atoms. The monoisotopic (exact) mass is 476 g/mol. The molecule has 0 aromatic rings. The minimum Gasteiger partial charge on any atom is -0.394 e. The lowest BCUT2D eigenvalue weighted by molar-refractivity contribution is -0.114. The van der Waals surface area contributed by atoms with E-state index in [0.29, 0.717) is 39.5 Å². The van der Waals surface area contributed by atoms with Crippen LogP contribution in [0.3, 0.4) is 0 Å². The molecule has 0 aliphatic heterocycles. The highest BCUT2D eigenvalue weighted by Crippen LogP contribution is 2.05.